The third-order valence-electron chi connectivity index (χ3n) is 7.16. The van der Waals surface area contributed by atoms with Crippen LogP contribution in [-0.4, -0.2) is 42.1 Å². The van der Waals surface area contributed by atoms with Gasteiger partial charge in [0.15, 0.2) is 0 Å². The molecule has 193 valence electrons. The first-order valence-corrected chi connectivity index (χ1v) is 12.6. The maximum atomic E-state index is 11.4. The molecule has 38 heavy (non-hydrogen) atoms. The minimum absolute atomic E-state index is 0.00506. The number of aryl methyl sites for hydroxylation is 3. The highest BCUT2D eigenvalue weighted by atomic mass is 16.4. The van der Waals surface area contributed by atoms with E-state index >= 15 is 0 Å². The Balaban J connectivity index is 1.86. The summed E-state index contributed by atoms with van der Waals surface area (Å²) in [4.78, 5) is 39.4. The number of carboxylic acid groups (broad SMARTS) is 2. The van der Waals surface area contributed by atoms with Gasteiger partial charge in [-0.25, -0.2) is 9.97 Å². The largest absolute Gasteiger partial charge is 0.481 e. The first kappa shape index (κ1) is 25.2. The molecule has 0 amide bonds. The third kappa shape index (κ3) is 4.89. The number of aliphatic carboxylic acids is 2. The van der Waals surface area contributed by atoms with Gasteiger partial charge in [0.1, 0.15) is 0 Å². The third-order valence-corrected chi connectivity index (χ3v) is 7.16. The standard InChI is InChI=1S/C30H29N4O4/c1-15-9-20-12-25-17(3)21(5-7-29(35)36)27(33-25)14-28-22(6-8-30(37)38)18(4)26(34-28)13-24-16(2)10-19(32-24)11-23(15)31-20/h9,11-14,32-33H,5-8H2,1-4H3,(H,35,36)(H,37,38). The number of carboxylic acids is 2. The Hall–Kier alpha value is -4.46. The van der Waals surface area contributed by atoms with Crippen LogP contribution in [0.15, 0.2) is 24.3 Å². The second-order valence-electron chi connectivity index (χ2n) is 9.86. The number of hydrogen-bond acceptors (Lipinski definition) is 4. The van der Waals surface area contributed by atoms with E-state index < -0.39 is 11.9 Å². The van der Waals surface area contributed by atoms with Gasteiger partial charge in [-0.05, 0) is 104 Å². The Labute approximate surface area is 219 Å². The molecule has 0 aromatic carbocycles. The summed E-state index contributed by atoms with van der Waals surface area (Å²) in [5.74, 6) is -1.74. The second-order valence-corrected chi connectivity index (χ2v) is 9.86. The molecule has 0 atom stereocenters. The zero-order chi connectivity index (χ0) is 27.1. The Kier molecular flexibility index (Phi) is 6.48. The molecule has 8 nitrogen and oxygen atoms in total. The van der Waals surface area contributed by atoms with Crippen molar-refractivity contribution in [1.82, 2.24) is 19.9 Å². The van der Waals surface area contributed by atoms with Crippen LogP contribution >= 0.6 is 0 Å². The lowest BCUT2D eigenvalue weighted by atomic mass is 10.0. The molecule has 5 heterocycles. The summed E-state index contributed by atoms with van der Waals surface area (Å²) in [5, 5.41) is 18.7. The van der Waals surface area contributed by atoms with Crippen LogP contribution < -0.4 is 0 Å². The molecule has 0 saturated heterocycles. The number of H-pyrrole nitrogens is 2. The molecule has 3 aromatic heterocycles. The van der Waals surface area contributed by atoms with Gasteiger partial charge in [-0.1, -0.05) is 0 Å². The molecule has 0 fully saturated rings. The number of nitrogens with one attached hydrogen (secondary N) is 2. The molecule has 0 aliphatic carbocycles. The number of rotatable bonds is 6. The number of fused-ring (bicyclic) bond motifs is 8. The Bertz CT molecular complexity index is 1720. The van der Waals surface area contributed by atoms with Gasteiger partial charge in [0.2, 0.25) is 0 Å². The van der Waals surface area contributed by atoms with Crippen molar-refractivity contribution in [1.29, 1.82) is 0 Å². The van der Waals surface area contributed by atoms with Gasteiger partial charge in [0.05, 0.1) is 22.8 Å². The van der Waals surface area contributed by atoms with E-state index in [1.54, 1.807) is 0 Å². The number of hydrogen-bond donors (Lipinski definition) is 4. The van der Waals surface area contributed by atoms with E-state index in [-0.39, 0.29) is 12.8 Å². The van der Waals surface area contributed by atoms with Crippen LogP contribution in [-0.2, 0) is 16.0 Å². The van der Waals surface area contributed by atoms with Crippen molar-refractivity contribution in [3.63, 3.8) is 0 Å². The van der Waals surface area contributed by atoms with Crippen LogP contribution in [0.5, 0.6) is 0 Å². The lowest BCUT2D eigenvalue weighted by molar-refractivity contribution is -0.137. The van der Waals surface area contributed by atoms with Crippen LogP contribution in [0.4, 0.5) is 0 Å². The molecule has 0 saturated carbocycles. The molecule has 5 rings (SSSR count). The predicted molar refractivity (Wildman–Crippen MR) is 148 cm³/mol. The number of nitrogens with zero attached hydrogens (tertiary/aromatic N) is 2. The molecule has 4 N–H and O–H groups in total. The minimum Gasteiger partial charge on any atom is -0.481 e. The van der Waals surface area contributed by atoms with Crippen molar-refractivity contribution in [3.05, 3.63) is 69.8 Å². The van der Waals surface area contributed by atoms with Crippen molar-refractivity contribution in [3.8, 4) is 0 Å². The average Bonchev–Trinajstić information content (AvgIpc) is 3.53. The van der Waals surface area contributed by atoms with E-state index in [2.05, 4.69) is 16.0 Å². The van der Waals surface area contributed by atoms with Gasteiger partial charge < -0.3 is 20.2 Å². The van der Waals surface area contributed by atoms with Crippen molar-refractivity contribution < 1.29 is 19.8 Å². The van der Waals surface area contributed by atoms with Gasteiger partial charge in [-0.15, -0.1) is 0 Å². The minimum atomic E-state index is -0.873. The highest BCUT2D eigenvalue weighted by Crippen LogP contribution is 2.34. The number of allylic oxidation sites excluding steroid dienone is 3. The Morgan fingerprint density at radius 3 is 2.26 bits per heavy atom. The van der Waals surface area contributed by atoms with E-state index in [0.29, 0.717) is 18.5 Å². The molecule has 8 heteroatoms. The molecular formula is C30H29N4O4. The molecule has 0 unspecified atom stereocenters. The van der Waals surface area contributed by atoms with Crippen molar-refractivity contribution in [2.45, 2.75) is 53.4 Å². The van der Waals surface area contributed by atoms with Gasteiger partial charge >= 0.3 is 11.9 Å². The quantitative estimate of drug-likeness (QED) is 0.317. The molecule has 2 aliphatic heterocycles. The van der Waals surface area contributed by atoms with Crippen LogP contribution in [0, 0.1) is 19.9 Å². The molecule has 1 radical (unpaired) electrons. The maximum absolute atomic E-state index is 11.4. The number of aromatic amines is 2. The molecular weight excluding hydrogens is 480 g/mol. The summed E-state index contributed by atoms with van der Waals surface area (Å²) in [6.07, 6.45) is 2.69. The van der Waals surface area contributed by atoms with Crippen LogP contribution in [0.2, 0.25) is 0 Å². The normalized spacial score (nSPS) is 13.1. The smallest absolute Gasteiger partial charge is 0.303 e. The second kappa shape index (κ2) is 9.78. The summed E-state index contributed by atoms with van der Waals surface area (Å²) in [6, 6.07) is 11.2. The van der Waals surface area contributed by atoms with E-state index in [1.807, 2.05) is 58.0 Å². The Morgan fingerprint density at radius 1 is 0.816 bits per heavy atom. The maximum Gasteiger partial charge on any atom is 0.303 e. The summed E-state index contributed by atoms with van der Waals surface area (Å²) in [7, 11) is 0. The monoisotopic (exact) mass is 509 g/mol. The van der Waals surface area contributed by atoms with E-state index in [0.717, 1.165) is 72.6 Å². The van der Waals surface area contributed by atoms with Crippen LogP contribution in [0.25, 0.3) is 44.9 Å². The van der Waals surface area contributed by atoms with Crippen molar-refractivity contribution >= 4 is 56.8 Å². The highest BCUT2D eigenvalue weighted by molar-refractivity contribution is 5.94. The average molecular weight is 510 g/mol. The number of aromatic nitrogens is 4. The van der Waals surface area contributed by atoms with Gasteiger partial charge in [-0.2, -0.15) is 0 Å². The number of carbonyl (C=O) groups is 2. The van der Waals surface area contributed by atoms with Crippen molar-refractivity contribution in [2.75, 3.05) is 0 Å². The summed E-state index contributed by atoms with van der Waals surface area (Å²) in [5.41, 5.74) is 12.0. The predicted octanol–water partition coefficient (Wildman–Crippen LogP) is 6.11. The van der Waals surface area contributed by atoms with Crippen molar-refractivity contribution in [2.24, 2.45) is 0 Å². The zero-order valence-corrected chi connectivity index (χ0v) is 21.8. The molecule has 0 spiro atoms. The van der Waals surface area contributed by atoms with E-state index in [1.165, 1.54) is 0 Å². The topological polar surface area (TPSA) is 132 Å². The first-order chi connectivity index (χ1) is 18.1. The lowest BCUT2D eigenvalue weighted by Gasteiger charge is -2.03. The summed E-state index contributed by atoms with van der Waals surface area (Å²) >= 11 is 0. The van der Waals surface area contributed by atoms with Crippen LogP contribution in [0.3, 0.4) is 0 Å². The van der Waals surface area contributed by atoms with Gasteiger partial charge in [0, 0.05) is 41.0 Å². The summed E-state index contributed by atoms with van der Waals surface area (Å²) < 4.78 is 0. The molecule has 3 aromatic rings. The van der Waals surface area contributed by atoms with E-state index in [9.17, 15) is 19.8 Å². The Morgan fingerprint density at radius 2 is 1.53 bits per heavy atom. The fraction of sp³-hybridized carbons (Fsp3) is 0.267. The van der Waals surface area contributed by atoms with Gasteiger partial charge in [0.25, 0.3) is 0 Å². The van der Waals surface area contributed by atoms with E-state index in [4.69, 9.17) is 9.97 Å². The zero-order valence-electron chi connectivity index (χ0n) is 21.8. The molecule has 8 bridgehead atoms. The highest BCUT2D eigenvalue weighted by Gasteiger charge is 2.19. The fourth-order valence-corrected chi connectivity index (χ4v) is 5.03. The van der Waals surface area contributed by atoms with Gasteiger partial charge in [-0.3, -0.25) is 9.59 Å². The lowest BCUT2D eigenvalue weighted by Crippen LogP contribution is -1.98. The SMILES string of the molecule is CC1=Cc2cc3[nH]c(cc4nc(cc5[nH]c([c]c5C)cc1n2)C(C)=C4CCC(=O)O)c(CCC(=O)O)c3C. The molecule has 2 aliphatic rings. The fourth-order valence-electron chi connectivity index (χ4n) is 5.03. The first-order valence-electron chi connectivity index (χ1n) is 12.6. The van der Waals surface area contributed by atoms with Crippen LogP contribution in [0.1, 0.15) is 72.6 Å². The summed E-state index contributed by atoms with van der Waals surface area (Å²) in [6.45, 7) is 7.93.